The van der Waals surface area contributed by atoms with E-state index in [2.05, 4.69) is 31.3 Å². The topological polar surface area (TPSA) is 95.9 Å². The summed E-state index contributed by atoms with van der Waals surface area (Å²) in [5.41, 5.74) is 0. The predicted molar refractivity (Wildman–Crippen MR) is 361 cm³/mol. The maximum atomic E-state index is 12.5. The summed E-state index contributed by atoms with van der Waals surface area (Å²) in [5.74, 6) is -0.0459. The Hall–Kier alpha value is -1.66. The van der Waals surface area contributed by atoms with Crippen LogP contribution in [0, 0.1) is 0 Å². The average Bonchev–Trinajstić information content (AvgIpc) is 3.48. The van der Waals surface area contributed by atoms with E-state index < -0.39 is 12.1 Å². The number of hydrogen-bond donors (Lipinski definition) is 3. The number of nitrogens with one attached hydrogen (secondary N) is 1. The molecule has 0 rings (SSSR count). The normalized spacial score (nSPS) is 12.6. The van der Waals surface area contributed by atoms with Gasteiger partial charge >= 0.3 is 5.97 Å². The highest BCUT2D eigenvalue weighted by Crippen LogP contribution is 2.19. The Morgan fingerprint density at radius 3 is 0.866 bits per heavy atom. The zero-order chi connectivity index (χ0) is 59.2. The SMILES string of the molecule is CCCCCCCC/C=C\CCCCCCCC(=O)OCCCCCCCCCCCCCCCCCCCCCCCCCCCCCCCCCCC(=O)NC(CO)C(O)/C=C/CCCCCCCCCCCCCCCCCC. The first kappa shape index (κ1) is 80.3. The van der Waals surface area contributed by atoms with E-state index >= 15 is 0 Å². The van der Waals surface area contributed by atoms with E-state index in [1.807, 2.05) is 6.08 Å². The Morgan fingerprint density at radius 2 is 0.573 bits per heavy atom. The molecule has 0 saturated heterocycles. The number of carbonyl (C=O) groups is 2. The molecule has 6 nitrogen and oxygen atoms in total. The van der Waals surface area contributed by atoms with E-state index in [-0.39, 0.29) is 18.5 Å². The highest BCUT2D eigenvalue weighted by Gasteiger charge is 2.18. The van der Waals surface area contributed by atoms with Gasteiger partial charge in [-0.2, -0.15) is 0 Å². The van der Waals surface area contributed by atoms with Gasteiger partial charge in [0.15, 0.2) is 0 Å². The molecule has 0 heterocycles. The Labute approximate surface area is 513 Å². The molecule has 0 radical (unpaired) electrons. The standard InChI is InChI=1S/C76H147NO5/c1-3-5-7-9-11-13-15-17-19-20-37-41-44-48-52-56-60-64-68-74(79)73(72-78)77-75(80)69-65-61-57-53-49-45-42-38-35-33-31-29-27-25-23-21-22-24-26-28-30-32-34-36-39-43-47-51-55-59-63-67-71-82-76(81)70-66-62-58-54-50-46-40-18-16-14-12-10-8-6-4-2/h18,40,64,68,73-74,78-79H,3-17,19-39,41-63,65-67,69-72H2,1-2H3,(H,77,80)/b40-18-,68-64+. The van der Waals surface area contributed by atoms with Crippen molar-refractivity contribution >= 4 is 11.9 Å². The molecule has 1 amide bonds. The first-order chi connectivity index (χ1) is 40.5. The lowest BCUT2D eigenvalue weighted by Gasteiger charge is -2.20. The Balaban J connectivity index is 3.34. The quantitative estimate of drug-likeness (QED) is 0.0320. The van der Waals surface area contributed by atoms with Crippen LogP contribution in [0.1, 0.15) is 425 Å². The number of hydrogen-bond acceptors (Lipinski definition) is 5. The summed E-state index contributed by atoms with van der Waals surface area (Å²) < 4.78 is 5.50. The van der Waals surface area contributed by atoms with Crippen molar-refractivity contribution in [1.29, 1.82) is 0 Å². The molecule has 486 valence electrons. The lowest BCUT2D eigenvalue weighted by atomic mass is 10.0. The van der Waals surface area contributed by atoms with Gasteiger partial charge in [-0.15, -0.1) is 0 Å². The van der Waals surface area contributed by atoms with Gasteiger partial charge in [-0.05, 0) is 57.8 Å². The predicted octanol–water partition coefficient (Wildman–Crippen LogP) is 24.5. The third kappa shape index (κ3) is 67.5. The molecule has 0 aliphatic heterocycles. The van der Waals surface area contributed by atoms with Gasteiger partial charge < -0.3 is 20.3 Å². The van der Waals surface area contributed by atoms with E-state index in [0.29, 0.717) is 19.4 Å². The van der Waals surface area contributed by atoms with Crippen molar-refractivity contribution < 1.29 is 24.5 Å². The minimum atomic E-state index is -0.841. The van der Waals surface area contributed by atoms with Crippen LogP contribution in [0.25, 0.3) is 0 Å². The van der Waals surface area contributed by atoms with Crippen LogP contribution >= 0.6 is 0 Å². The van der Waals surface area contributed by atoms with Gasteiger partial charge in [0.05, 0.1) is 25.4 Å². The molecule has 0 aromatic rings. The first-order valence-electron chi connectivity index (χ1n) is 37.6. The van der Waals surface area contributed by atoms with Crippen LogP contribution in [0.2, 0.25) is 0 Å². The molecule has 0 saturated carbocycles. The van der Waals surface area contributed by atoms with Gasteiger partial charge in [-0.3, -0.25) is 9.59 Å². The minimum absolute atomic E-state index is 0.0138. The third-order valence-electron chi connectivity index (χ3n) is 17.7. The fraction of sp³-hybridized carbons (Fsp3) is 0.921. The van der Waals surface area contributed by atoms with Crippen LogP contribution in [-0.2, 0) is 14.3 Å². The van der Waals surface area contributed by atoms with Gasteiger partial charge in [0.2, 0.25) is 5.91 Å². The summed E-state index contributed by atoms with van der Waals surface area (Å²) in [6.45, 7) is 4.94. The monoisotopic (exact) mass is 1150 g/mol. The highest BCUT2D eigenvalue weighted by atomic mass is 16.5. The largest absolute Gasteiger partial charge is 0.466 e. The van der Waals surface area contributed by atoms with Crippen molar-refractivity contribution in [1.82, 2.24) is 5.32 Å². The van der Waals surface area contributed by atoms with Gasteiger partial charge in [0.1, 0.15) is 0 Å². The van der Waals surface area contributed by atoms with Crippen LogP contribution in [0.4, 0.5) is 0 Å². The second-order valence-electron chi connectivity index (χ2n) is 26.0. The van der Waals surface area contributed by atoms with Crippen LogP contribution < -0.4 is 5.32 Å². The zero-order valence-corrected chi connectivity index (χ0v) is 55.8. The molecule has 6 heteroatoms. The van der Waals surface area contributed by atoms with E-state index in [4.69, 9.17) is 4.74 Å². The molecule has 0 aliphatic carbocycles. The summed E-state index contributed by atoms with van der Waals surface area (Å²) in [5, 5.41) is 23.2. The maximum Gasteiger partial charge on any atom is 0.305 e. The van der Waals surface area contributed by atoms with Crippen molar-refractivity contribution in [3.05, 3.63) is 24.3 Å². The number of carbonyl (C=O) groups excluding carboxylic acids is 2. The maximum absolute atomic E-state index is 12.5. The number of amides is 1. The highest BCUT2D eigenvalue weighted by molar-refractivity contribution is 5.76. The fourth-order valence-electron chi connectivity index (χ4n) is 12.0. The molecule has 0 aromatic carbocycles. The molecule has 0 bridgehead atoms. The Bertz CT molecular complexity index is 1280. The molecule has 2 atom stereocenters. The van der Waals surface area contributed by atoms with E-state index in [9.17, 15) is 19.8 Å². The van der Waals surface area contributed by atoms with Crippen molar-refractivity contribution in [2.75, 3.05) is 13.2 Å². The molecular formula is C76H147NO5. The molecule has 0 aliphatic rings. The second-order valence-corrected chi connectivity index (χ2v) is 26.0. The fourth-order valence-corrected chi connectivity index (χ4v) is 12.0. The van der Waals surface area contributed by atoms with Gasteiger partial charge in [0.25, 0.3) is 0 Å². The van der Waals surface area contributed by atoms with Crippen molar-refractivity contribution in [3.63, 3.8) is 0 Å². The number of ether oxygens (including phenoxy) is 1. The van der Waals surface area contributed by atoms with Crippen LogP contribution in [0.5, 0.6) is 0 Å². The van der Waals surface area contributed by atoms with Gasteiger partial charge in [-0.25, -0.2) is 0 Å². The van der Waals surface area contributed by atoms with Crippen LogP contribution in [0.15, 0.2) is 24.3 Å². The van der Waals surface area contributed by atoms with E-state index in [1.54, 1.807) is 6.08 Å². The summed E-state index contributed by atoms with van der Waals surface area (Å²) in [7, 11) is 0. The third-order valence-corrected chi connectivity index (χ3v) is 17.7. The first-order valence-corrected chi connectivity index (χ1v) is 37.6. The summed E-state index contributed by atoms with van der Waals surface area (Å²) in [6.07, 6.45) is 91.4. The summed E-state index contributed by atoms with van der Waals surface area (Å²) >= 11 is 0. The lowest BCUT2D eigenvalue weighted by molar-refractivity contribution is -0.143. The Kier molecular flexibility index (Phi) is 70.4. The molecule has 0 spiro atoms. The average molecular weight is 1160 g/mol. The minimum Gasteiger partial charge on any atom is -0.466 e. The Morgan fingerprint density at radius 1 is 0.329 bits per heavy atom. The number of aliphatic hydroxyl groups excluding tert-OH is 2. The van der Waals surface area contributed by atoms with Crippen molar-refractivity contribution in [2.24, 2.45) is 0 Å². The van der Waals surface area contributed by atoms with Crippen LogP contribution in [0.3, 0.4) is 0 Å². The molecule has 3 N–H and O–H groups in total. The lowest BCUT2D eigenvalue weighted by Crippen LogP contribution is -2.45. The number of esters is 1. The number of unbranched alkanes of at least 4 members (excludes halogenated alkanes) is 58. The summed E-state index contributed by atoms with van der Waals surface area (Å²) in [4.78, 5) is 24.6. The zero-order valence-electron chi connectivity index (χ0n) is 55.8. The number of aliphatic hydroxyl groups is 2. The smallest absolute Gasteiger partial charge is 0.305 e. The number of allylic oxidation sites excluding steroid dienone is 3. The van der Waals surface area contributed by atoms with Crippen LogP contribution in [-0.4, -0.2) is 47.4 Å². The van der Waals surface area contributed by atoms with Crippen molar-refractivity contribution in [3.8, 4) is 0 Å². The molecule has 0 fully saturated rings. The summed E-state index contributed by atoms with van der Waals surface area (Å²) in [6, 6.07) is -0.624. The van der Waals surface area contributed by atoms with Gasteiger partial charge in [-0.1, -0.05) is 378 Å². The number of rotatable bonds is 71. The molecule has 0 aromatic heterocycles. The second kappa shape index (κ2) is 71.8. The molecule has 82 heavy (non-hydrogen) atoms. The molecular weight excluding hydrogens is 1010 g/mol. The van der Waals surface area contributed by atoms with E-state index in [1.165, 1.54) is 353 Å². The van der Waals surface area contributed by atoms with Crippen molar-refractivity contribution in [2.45, 2.75) is 437 Å². The van der Waals surface area contributed by atoms with Gasteiger partial charge in [0, 0.05) is 12.8 Å². The molecule has 2 unspecified atom stereocenters. The van der Waals surface area contributed by atoms with E-state index in [0.717, 1.165) is 44.9 Å².